The molecule has 0 bridgehead atoms. The average Bonchev–Trinajstić information content (AvgIpc) is 3.32. The lowest BCUT2D eigenvalue weighted by atomic mass is 10.1. The Balaban J connectivity index is 1.48. The van der Waals surface area contributed by atoms with Crippen molar-refractivity contribution in [3.8, 4) is 0 Å². The molecule has 1 N–H and O–H groups in total. The van der Waals surface area contributed by atoms with Crippen LogP contribution in [0.5, 0.6) is 0 Å². The molecule has 0 spiro atoms. The van der Waals surface area contributed by atoms with Gasteiger partial charge in [0.15, 0.2) is 5.69 Å². The molecule has 0 saturated heterocycles. The zero-order valence-electron chi connectivity index (χ0n) is 14.0. The van der Waals surface area contributed by atoms with Gasteiger partial charge in [0.1, 0.15) is 5.82 Å². The van der Waals surface area contributed by atoms with Crippen LogP contribution in [0.15, 0.2) is 30.3 Å². The number of rotatable bonds is 7. The first kappa shape index (κ1) is 18.4. The molecule has 140 valence electrons. The molecule has 0 unspecified atom stereocenters. The molecule has 4 nitrogen and oxygen atoms in total. The van der Waals surface area contributed by atoms with E-state index in [9.17, 15) is 22.4 Å². The fraction of sp³-hybridized carbons (Fsp3) is 0.444. The van der Waals surface area contributed by atoms with Gasteiger partial charge in [0.05, 0.1) is 6.42 Å². The van der Waals surface area contributed by atoms with Crippen molar-refractivity contribution in [2.24, 2.45) is 0 Å². The summed E-state index contributed by atoms with van der Waals surface area (Å²) in [5.41, 5.74) is 0.455. The van der Waals surface area contributed by atoms with Gasteiger partial charge in [0.2, 0.25) is 5.91 Å². The number of halogens is 4. The average molecular weight is 369 g/mol. The van der Waals surface area contributed by atoms with Crippen LogP contribution in [0.1, 0.15) is 42.1 Å². The highest BCUT2D eigenvalue weighted by molar-refractivity contribution is 5.78. The van der Waals surface area contributed by atoms with Crippen LogP contribution >= 0.6 is 0 Å². The Kier molecular flexibility index (Phi) is 5.29. The molecule has 1 saturated carbocycles. The number of nitrogens with one attached hydrogen (secondary N) is 1. The van der Waals surface area contributed by atoms with Gasteiger partial charge in [-0.05, 0) is 43.0 Å². The number of benzene rings is 1. The molecule has 1 aromatic carbocycles. The van der Waals surface area contributed by atoms with Crippen LogP contribution in [0.2, 0.25) is 0 Å². The van der Waals surface area contributed by atoms with Crippen LogP contribution < -0.4 is 5.32 Å². The van der Waals surface area contributed by atoms with Gasteiger partial charge < -0.3 is 5.32 Å². The lowest BCUT2D eigenvalue weighted by molar-refractivity contribution is -0.141. The van der Waals surface area contributed by atoms with Gasteiger partial charge in [-0.3, -0.25) is 9.48 Å². The maximum Gasteiger partial charge on any atom is 0.435 e. The summed E-state index contributed by atoms with van der Waals surface area (Å²) in [4.78, 5) is 11.9. The summed E-state index contributed by atoms with van der Waals surface area (Å²) in [7, 11) is 0. The Labute approximate surface area is 148 Å². The minimum Gasteiger partial charge on any atom is -0.356 e. The molecule has 0 atom stereocenters. The highest BCUT2D eigenvalue weighted by Crippen LogP contribution is 2.42. The van der Waals surface area contributed by atoms with E-state index in [1.807, 2.05) is 0 Å². The first-order valence-electron chi connectivity index (χ1n) is 8.49. The zero-order chi connectivity index (χ0) is 18.7. The van der Waals surface area contributed by atoms with Crippen molar-refractivity contribution in [3.63, 3.8) is 0 Å². The minimum absolute atomic E-state index is 0.133. The number of carbonyl (C=O) groups excluding carboxylic acids is 1. The van der Waals surface area contributed by atoms with Crippen LogP contribution in [0.4, 0.5) is 17.6 Å². The molecule has 3 rings (SSSR count). The molecule has 1 aliphatic rings. The monoisotopic (exact) mass is 369 g/mol. The molecule has 1 aliphatic carbocycles. The molecule has 1 aromatic heterocycles. The van der Waals surface area contributed by atoms with Crippen molar-refractivity contribution in [3.05, 3.63) is 53.1 Å². The Hall–Kier alpha value is -2.38. The van der Waals surface area contributed by atoms with Crippen LogP contribution in [0, 0.1) is 5.82 Å². The quantitative estimate of drug-likeness (QED) is 0.598. The minimum atomic E-state index is -4.45. The second kappa shape index (κ2) is 7.47. The van der Waals surface area contributed by atoms with E-state index in [0.717, 1.165) is 18.9 Å². The third-order valence-electron chi connectivity index (χ3n) is 4.24. The predicted octanol–water partition coefficient (Wildman–Crippen LogP) is 3.67. The van der Waals surface area contributed by atoms with Gasteiger partial charge in [-0.2, -0.15) is 18.3 Å². The van der Waals surface area contributed by atoms with E-state index in [-0.39, 0.29) is 24.1 Å². The van der Waals surface area contributed by atoms with Gasteiger partial charge in [0.25, 0.3) is 0 Å². The van der Waals surface area contributed by atoms with E-state index in [4.69, 9.17) is 0 Å². The highest BCUT2D eigenvalue weighted by atomic mass is 19.4. The van der Waals surface area contributed by atoms with E-state index in [1.165, 1.54) is 16.8 Å². The topological polar surface area (TPSA) is 46.9 Å². The van der Waals surface area contributed by atoms with E-state index in [2.05, 4.69) is 10.4 Å². The SMILES string of the molecule is O=C(Cc1ccc(F)cc1)NCCCn1nc(C(F)(F)F)cc1C1CC1. The normalized spacial score (nSPS) is 14.5. The molecule has 26 heavy (non-hydrogen) atoms. The number of carbonyl (C=O) groups is 1. The van der Waals surface area contributed by atoms with E-state index < -0.39 is 11.9 Å². The van der Waals surface area contributed by atoms with Crippen LogP contribution in [0.25, 0.3) is 0 Å². The standard InChI is InChI=1S/C18H19F4N3O/c19-14-6-2-12(3-7-14)10-17(26)23-8-1-9-25-15(13-4-5-13)11-16(24-25)18(20,21)22/h2-3,6-7,11,13H,1,4-5,8-10H2,(H,23,26). The largest absolute Gasteiger partial charge is 0.435 e. The van der Waals surface area contributed by atoms with Gasteiger partial charge in [0, 0.05) is 24.7 Å². The lowest BCUT2D eigenvalue weighted by Crippen LogP contribution is -2.27. The summed E-state index contributed by atoms with van der Waals surface area (Å²) < 4.78 is 52.7. The Bertz CT molecular complexity index is 764. The molecule has 2 aromatic rings. The third-order valence-corrected chi connectivity index (χ3v) is 4.24. The van der Waals surface area contributed by atoms with Gasteiger partial charge in [-0.1, -0.05) is 12.1 Å². The number of nitrogens with zero attached hydrogens (tertiary/aromatic N) is 2. The summed E-state index contributed by atoms with van der Waals surface area (Å²) in [6.45, 7) is 0.657. The predicted molar refractivity (Wildman–Crippen MR) is 86.9 cm³/mol. The third kappa shape index (κ3) is 4.83. The first-order valence-corrected chi connectivity index (χ1v) is 8.49. The Morgan fingerprint density at radius 1 is 1.23 bits per heavy atom. The van der Waals surface area contributed by atoms with Crippen LogP contribution in [-0.2, 0) is 23.9 Å². The lowest BCUT2D eigenvalue weighted by Gasteiger charge is -2.08. The molecular formula is C18H19F4N3O. The zero-order valence-corrected chi connectivity index (χ0v) is 14.0. The second-order valence-electron chi connectivity index (χ2n) is 6.46. The van der Waals surface area contributed by atoms with Gasteiger partial charge >= 0.3 is 6.18 Å². The van der Waals surface area contributed by atoms with Crippen molar-refractivity contribution >= 4 is 5.91 Å². The first-order chi connectivity index (χ1) is 12.3. The molecule has 1 fully saturated rings. The summed E-state index contributed by atoms with van der Waals surface area (Å²) >= 11 is 0. The maximum atomic E-state index is 12.8. The van der Waals surface area contributed by atoms with Crippen molar-refractivity contribution in [1.29, 1.82) is 0 Å². The fourth-order valence-electron chi connectivity index (χ4n) is 2.76. The highest BCUT2D eigenvalue weighted by Gasteiger charge is 2.37. The summed E-state index contributed by atoms with van der Waals surface area (Å²) in [6, 6.07) is 6.79. The number of hydrogen-bond acceptors (Lipinski definition) is 2. The molecule has 0 radical (unpaired) electrons. The van der Waals surface area contributed by atoms with E-state index >= 15 is 0 Å². The van der Waals surface area contributed by atoms with Gasteiger partial charge in [-0.25, -0.2) is 4.39 Å². The number of aromatic nitrogens is 2. The number of amides is 1. The Morgan fingerprint density at radius 3 is 2.54 bits per heavy atom. The Morgan fingerprint density at radius 2 is 1.92 bits per heavy atom. The van der Waals surface area contributed by atoms with E-state index in [1.54, 1.807) is 12.1 Å². The van der Waals surface area contributed by atoms with E-state index in [0.29, 0.717) is 30.8 Å². The molecule has 0 aliphatic heterocycles. The maximum absolute atomic E-state index is 12.8. The number of hydrogen-bond donors (Lipinski definition) is 1. The number of aryl methyl sites for hydroxylation is 1. The van der Waals surface area contributed by atoms with Crippen LogP contribution in [-0.4, -0.2) is 22.2 Å². The molecule has 1 heterocycles. The van der Waals surface area contributed by atoms with Crippen molar-refractivity contribution in [1.82, 2.24) is 15.1 Å². The van der Waals surface area contributed by atoms with Gasteiger partial charge in [-0.15, -0.1) is 0 Å². The fourth-order valence-corrected chi connectivity index (χ4v) is 2.76. The van der Waals surface area contributed by atoms with Crippen molar-refractivity contribution < 1.29 is 22.4 Å². The summed E-state index contributed by atoms with van der Waals surface area (Å²) in [5, 5.41) is 6.40. The molecular weight excluding hydrogens is 350 g/mol. The van der Waals surface area contributed by atoms with Crippen LogP contribution in [0.3, 0.4) is 0 Å². The van der Waals surface area contributed by atoms with Crippen molar-refractivity contribution in [2.75, 3.05) is 6.54 Å². The molecule has 1 amide bonds. The summed E-state index contributed by atoms with van der Waals surface area (Å²) in [5.74, 6) is -0.416. The van der Waals surface area contributed by atoms with Crippen molar-refractivity contribution in [2.45, 2.75) is 44.3 Å². The summed E-state index contributed by atoms with van der Waals surface area (Å²) in [6.07, 6.45) is -2.06. The smallest absolute Gasteiger partial charge is 0.356 e. The molecule has 8 heteroatoms. The second-order valence-corrected chi connectivity index (χ2v) is 6.46. The number of alkyl halides is 3.